The Bertz CT molecular complexity index is 891. The number of hydrogen-bond donors (Lipinski definition) is 0. The van der Waals surface area contributed by atoms with E-state index < -0.39 is 10.1 Å². The number of hydrogen-bond acceptors (Lipinski definition) is 12. The molecule has 288 valence electrons. The lowest BCUT2D eigenvalue weighted by molar-refractivity contribution is -0.0254. The van der Waals surface area contributed by atoms with Gasteiger partial charge in [-0.25, -0.2) is 0 Å². The Hall–Kier alpha value is -1.23. The zero-order chi connectivity index (χ0) is 35.2. The smallest absolute Gasteiger partial charge is 0.297 e. The van der Waals surface area contributed by atoms with Gasteiger partial charge in [0.2, 0.25) is 0 Å². The predicted octanol–water partition coefficient (Wildman–Crippen LogP) is 5.46. The van der Waals surface area contributed by atoms with Gasteiger partial charge in [-0.3, -0.25) is 4.18 Å². The maximum Gasteiger partial charge on any atom is 0.297 e. The van der Waals surface area contributed by atoms with Gasteiger partial charge in [-0.1, -0.05) is 82.9 Å². The van der Waals surface area contributed by atoms with Crippen molar-refractivity contribution in [2.75, 3.05) is 126 Å². The SMILES string of the molecule is CCCCCCCCCCCCOCCOCCOCCOCCOCCOCCOCCOCCOCCOS(=O)(=O)c1ccccc1. The van der Waals surface area contributed by atoms with Crippen molar-refractivity contribution < 1.29 is 55.2 Å². The van der Waals surface area contributed by atoms with Crippen LogP contribution in [0.15, 0.2) is 35.2 Å². The summed E-state index contributed by atoms with van der Waals surface area (Å²) in [5, 5.41) is 0. The van der Waals surface area contributed by atoms with E-state index in [0.717, 1.165) is 13.0 Å². The Kier molecular flexibility index (Phi) is 34.2. The number of unbranched alkanes of at least 4 members (excludes halogenated alkanes) is 9. The Labute approximate surface area is 296 Å². The lowest BCUT2D eigenvalue weighted by atomic mass is 10.1. The van der Waals surface area contributed by atoms with Crippen LogP contribution in [0.3, 0.4) is 0 Å². The van der Waals surface area contributed by atoms with Gasteiger partial charge in [-0.05, 0) is 18.6 Å². The van der Waals surface area contributed by atoms with Gasteiger partial charge in [0.05, 0.1) is 124 Å². The summed E-state index contributed by atoms with van der Waals surface area (Å²) in [4.78, 5) is 0.125. The first kappa shape index (κ1) is 45.8. The molecule has 1 aromatic carbocycles. The minimum Gasteiger partial charge on any atom is -0.379 e. The monoisotopic (exact) mass is 722 g/mol. The van der Waals surface area contributed by atoms with Crippen molar-refractivity contribution in [1.29, 1.82) is 0 Å². The molecule has 0 aliphatic carbocycles. The molecule has 1 aromatic rings. The van der Waals surface area contributed by atoms with Gasteiger partial charge in [0.1, 0.15) is 0 Å². The van der Waals surface area contributed by atoms with Crippen LogP contribution in [0.1, 0.15) is 71.1 Å². The van der Waals surface area contributed by atoms with Gasteiger partial charge in [0, 0.05) is 6.61 Å². The van der Waals surface area contributed by atoms with E-state index in [-0.39, 0.29) is 18.1 Å². The molecule has 0 amide bonds. The zero-order valence-corrected chi connectivity index (χ0v) is 31.0. The van der Waals surface area contributed by atoms with Gasteiger partial charge in [-0.2, -0.15) is 8.42 Å². The molecule has 49 heavy (non-hydrogen) atoms. The first-order valence-corrected chi connectivity index (χ1v) is 19.7. The third-order valence-corrected chi connectivity index (χ3v) is 8.44. The Morgan fingerprint density at radius 2 is 0.653 bits per heavy atom. The summed E-state index contributed by atoms with van der Waals surface area (Å²) in [5.41, 5.74) is 0. The standard InChI is InChI=1S/C36H66O12S/c1-2-3-4-5-6-7-8-9-10-14-17-39-18-19-40-20-21-41-22-23-42-24-25-43-26-27-44-28-29-45-30-31-46-32-33-47-34-35-48-49(37,38)36-15-12-11-13-16-36/h11-13,15-16H,2-10,14,17-35H2,1H3. The van der Waals surface area contributed by atoms with Crippen LogP contribution in [0, 0.1) is 0 Å². The van der Waals surface area contributed by atoms with E-state index in [9.17, 15) is 8.42 Å². The fourth-order valence-electron chi connectivity index (χ4n) is 4.41. The molecule has 0 saturated heterocycles. The molecular formula is C36H66O12S. The quantitative estimate of drug-likeness (QED) is 0.0631. The van der Waals surface area contributed by atoms with Crippen molar-refractivity contribution in [3.05, 3.63) is 30.3 Å². The Morgan fingerprint density at radius 3 is 1.00 bits per heavy atom. The number of ether oxygens (including phenoxy) is 9. The van der Waals surface area contributed by atoms with E-state index in [0.29, 0.717) is 106 Å². The fraction of sp³-hybridized carbons (Fsp3) is 0.833. The highest BCUT2D eigenvalue weighted by molar-refractivity contribution is 7.86. The largest absolute Gasteiger partial charge is 0.379 e. The second-order valence-corrected chi connectivity index (χ2v) is 12.9. The highest BCUT2D eigenvalue weighted by atomic mass is 32.2. The summed E-state index contributed by atoms with van der Waals surface area (Å²) in [7, 11) is -3.75. The summed E-state index contributed by atoms with van der Waals surface area (Å²) < 4.78 is 78.2. The van der Waals surface area contributed by atoms with Crippen molar-refractivity contribution in [1.82, 2.24) is 0 Å². The van der Waals surface area contributed by atoms with E-state index in [2.05, 4.69) is 6.92 Å². The van der Waals surface area contributed by atoms with Crippen LogP contribution >= 0.6 is 0 Å². The average molecular weight is 723 g/mol. The molecule has 1 rings (SSSR count). The summed E-state index contributed by atoms with van der Waals surface area (Å²) in [6, 6.07) is 8.00. The van der Waals surface area contributed by atoms with Gasteiger partial charge >= 0.3 is 0 Å². The lowest BCUT2D eigenvalue weighted by Crippen LogP contribution is -2.15. The van der Waals surface area contributed by atoms with Crippen LogP contribution in [0.4, 0.5) is 0 Å². The van der Waals surface area contributed by atoms with Gasteiger partial charge in [0.15, 0.2) is 0 Å². The van der Waals surface area contributed by atoms with Crippen LogP contribution in [0.2, 0.25) is 0 Å². The zero-order valence-electron chi connectivity index (χ0n) is 30.2. The molecule has 0 aliphatic rings. The Balaban J connectivity index is 1.65. The maximum atomic E-state index is 12.0. The molecule has 0 fully saturated rings. The molecule has 0 spiro atoms. The van der Waals surface area contributed by atoms with Crippen molar-refractivity contribution in [2.24, 2.45) is 0 Å². The fourth-order valence-corrected chi connectivity index (χ4v) is 5.32. The third-order valence-electron chi connectivity index (χ3n) is 7.12. The summed E-state index contributed by atoms with van der Waals surface area (Å²) in [6.45, 7) is 11.1. The molecule has 0 unspecified atom stereocenters. The maximum absolute atomic E-state index is 12.0. The summed E-state index contributed by atoms with van der Waals surface area (Å²) in [5.74, 6) is 0. The van der Waals surface area contributed by atoms with Crippen molar-refractivity contribution in [3.63, 3.8) is 0 Å². The molecule has 0 aromatic heterocycles. The molecule has 0 radical (unpaired) electrons. The Morgan fingerprint density at radius 1 is 0.367 bits per heavy atom. The molecule has 0 heterocycles. The second kappa shape index (κ2) is 36.6. The van der Waals surface area contributed by atoms with Crippen LogP contribution in [0.5, 0.6) is 0 Å². The summed E-state index contributed by atoms with van der Waals surface area (Å²) >= 11 is 0. The predicted molar refractivity (Wildman–Crippen MR) is 189 cm³/mol. The molecule has 0 N–H and O–H groups in total. The molecule has 12 nitrogen and oxygen atoms in total. The van der Waals surface area contributed by atoms with Crippen molar-refractivity contribution >= 4 is 10.1 Å². The third kappa shape index (κ3) is 32.4. The molecule has 0 bridgehead atoms. The van der Waals surface area contributed by atoms with Crippen molar-refractivity contribution in [3.8, 4) is 0 Å². The van der Waals surface area contributed by atoms with Crippen LogP contribution in [-0.4, -0.2) is 134 Å². The van der Waals surface area contributed by atoms with Crippen LogP contribution in [-0.2, 0) is 56.9 Å². The van der Waals surface area contributed by atoms with Crippen LogP contribution < -0.4 is 0 Å². The topological polar surface area (TPSA) is 126 Å². The van der Waals surface area contributed by atoms with Crippen molar-refractivity contribution in [2.45, 2.75) is 76.0 Å². The minimum absolute atomic E-state index is 0.0536. The van der Waals surface area contributed by atoms with Crippen LogP contribution in [0.25, 0.3) is 0 Å². The highest BCUT2D eigenvalue weighted by Crippen LogP contribution is 2.11. The molecular weight excluding hydrogens is 656 g/mol. The first-order valence-electron chi connectivity index (χ1n) is 18.3. The van der Waals surface area contributed by atoms with E-state index in [4.69, 9.17) is 46.8 Å². The number of benzene rings is 1. The minimum atomic E-state index is -3.75. The van der Waals surface area contributed by atoms with E-state index in [1.165, 1.54) is 69.9 Å². The average Bonchev–Trinajstić information content (AvgIpc) is 3.11. The normalized spacial score (nSPS) is 11.9. The van der Waals surface area contributed by atoms with Gasteiger partial charge in [0.25, 0.3) is 10.1 Å². The molecule has 0 aliphatic heterocycles. The van der Waals surface area contributed by atoms with E-state index in [1.54, 1.807) is 18.2 Å². The second-order valence-electron chi connectivity index (χ2n) is 11.3. The van der Waals surface area contributed by atoms with Gasteiger partial charge < -0.3 is 42.6 Å². The molecule has 0 atom stereocenters. The van der Waals surface area contributed by atoms with E-state index >= 15 is 0 Å². The lowest BCUT2D eigenvalue weighted by Gasteiger charge is -2.09. The summed E-state index contributed by atoms with van der Waals surface area (Å²) in [6.07, 6.45) is 13.4. The first-order chi connectivity index (χ1) is 24.2. The van der Waals surface area contributed by atoms with E-state index in [1.807, 2.05) is 0 Å². The number of rotatable bonds is 40. The molecule has 0 saturated carbocycles. The van der Waals surface area contributed by atoms with Gasteiger partial charge in [-0.15, -0.1) is 0 Å². The molecule has 13 heteroatoms. The highest BCUT2D eigenvalue weighted by Gasteiger charge is 2.13.